The maximum atomic E-state index is 11.0. The summed E-state index contributed by atoms with van der Waals surface area (Å²) < 4.78 is 4.93. The van der Waals surface area contributed by atoms with E-state index >= 15 is 0 Å². The highest BCUT2D eigenvalue weighted by Gasteiger charge is 2.08. The van der Waals surface area contributed by atoms with E-state index in [1.165, 1.54) is 6.92 Å². The van der Waals surface area contributed by atoms with Gasteiger partial charge in [0.2, 0.25) is 0 Å². The van der Waals surface area contributed by atoms with Crippen molar-refractivity contribution in [3.63, 3.8) is 0 Å². The molecule has 0 aromatic rings. The minimum Gasteiger partial charge on any atom is -0.501 e. The first-order chi connectivity index (χ1) is 5.00. The number of carbonyl (C=O) groups excluding carboxylic acids is 1. The summed E-state index contributed by atoms with van der Waals surface area (Å²) >= 11 is 0. The molecule has 0 bridgehead atoms. The van der Waals surface area contributed by atoms with Crippen LogP contribution in [0.4, 0.5) is 0 Å². The van der Waals surface area contributed by atoms with Crippen molar-refractivity contribution in [1.29, 1.82) is 0 Å². The van der Waals surface area contributed by atoms with E-state index in [0.717, 1.165) is 5.57 Å². The third-order valence-electron chi connectivity index (χ3n) is 1.44. The summed E-state index contributed by atoms with van der Waals surface area (Å²) in [7, 11) is 1.54. The predicted molar refractivity (Wildman–Crippen MR) is 45.2 cm³/mol. The number of ketones is 1. The lowest BCUT2D eigenvalue weighted by Gasteiger charge is -2.06. The first kappa shape index (κ1) is 9.95. The highest BCUT2D eigenvalue weighted by atomic mass is 16.5. The van der Waals surface area contributed by atoms with Crippen molar-refractivity contribution in [2.75, 3.05) is 7.11 Å². The molecule has 2 nitrogen and oxygen atoms in total. The molecule has 0 fully saturated rings. The summed E-state index contributed by atoms with van der Waals surface area (Å²) in [6.07, 6.45) is 0. The molecule has 0 atom stereocenters. The lowest BCUT2D eigenvalue weighted by Crippen LogP contribution is -2.02. The number of hydrogen-bond acceptors (Lipinski definition) is 2. The topological polar surface area (TPSA) is 26.3 Å². The molecule has 0 spiro atoms. The SMILES string of the molecule is C=C(C)/C(C(C)=O)=C(/C)OC. The number of carbonyl (C=O) groups is 1. The molecule has 0 saturated heterocycles. The summed E-state index contributed by atoms with van der Waals surface area (Å²) in [5, 5.41) is 0. The maximum Gasteiger partial charge on any atom is 0.163 e. The monoisotopic (exact) mass is 154 g/mol. The molecular formula is C9H14O2. The molecule has 0 radical (unpaired) electrons. The molecular weight excluding hydrogens is 140 g/mol. The zero-order chi connectivity index (χ0) is 9.02. The van der Waals surface area contributed by atoms with Gasteiger partial charge in [0.15, 0.2) is 5.78 Å². The Kier molecular flexibility index (Phi) is 3.58. The Morgan fingerprint density at radius 1 is 1.27 bits per heavy atom. The number of ether oxygens (including phenoxy) is 1. The molecule has 11 heavy (non-hydrogen) atoms. The Balaban J connectivity index is 4.88. The van der Waals surface area contributed by atoms with Crippen molar-refractivity contribution in [3.05, 3.63) is 23.5 Å². The first-order valence-electron chi connectivity index (χ1n) is 3.42. The van der Waals surface area contributed by atoms with E-state index in [1.807, 2.05) is 0 Å². The van der Waals surface area contributed by atoms with Crippen molar-refractivity contribution in [3.8, 4) is 0 Å². The van der Waals surface area contributed by atoms with E-state index in [2.05, 4.69) is 6.58 Å². The van der Waals surface area contributed by atoms with Gasteiger partial charge in [0.1, 0.15) is 5.76 Å². The molecule has 0 aromatic heterocycles. The van der Waals surface area contributed by atoms with Crippen molar-refractivity contribution < 1.29 is 9.53 Å². The van der Waals surface area contributed by atoms with Crippen LogP contribution in [-0.2, 0) is 9.53 Å². The summed E-state index contributed by atoms with van der Waals surface area (Å²) in [5.41, 5.74) is 1.34. The number of methoxy groups -OCH3 is 1. The fourth-order valence-corrected chi connectivity index (χ4v) is 0.951. The zero-order valence-electron chi connectivity index (χ0n) is 7.52. The molecule has 0 aliphatic rings. The highest BCUT2D eigenvalue weighted by molar-refractivity contribution is 5.97. The summed E-state index contributed by atoms with van der Waals surface area (Å²) in [6.45, 7) is 8.74. The Bertz CT molecular complexity index is 196. The lowest BCUT2D eigenvalue weighted by atomic mass is 10.1. The van der Waals surface area contributed by atoms with Crippen LogP contribution in [-0.4, -0.2) is 12.9 Å². The molecule has 0 N–H and O–H groups in total. The Hall–Kier alpha value is -1.05. The van der Waals surface area contributed by atoms with Crippen molar-refractivity contribution >= 4 is 5.78 Å². The summed E-state index contributed by atoms with van der Waals surface area (Å²) in [4.78, 5) is 11.0. The van der Waals surface area contributed by atoms with Gasteiger partial charge in [-0.15, -0.1) is 0 Å². The van der Waals surface area contributed by atoms with E-state index in [-0.39, 0.29) is 5.78 Å². The molecule has 0 aromatic carbocycles. The molecule has 0 unspecified atom stereocenters. The normalized spacial score (nSPS) is 12.0. The van der Waals surface area contributed by atoms with Gasteiger partial charge in [0.05, 0.1) is 12.7 Å². The van der Waals surface area contributed by atoms with E-state index in [1.54, 1.807) is 21.0 Å². The second-order valence-corrected chi connectivity index (χ2v) is 2.47. The number of hydrogen-bond donors (Lipinski definition) is 0. The van der Waals surface area contributed by atoms with Crippen LogP contribution in [0.5, 0.6) is 0 Å². The first-order valence-corrected chi connectivity index (χ1v) is 3.42. The second kappa shape index (κ2) is 3.96. The average molecular weight is 154 g/mol. The third kappa shape index (κ3) is 2.58. The van der Waals surface area contributed by atoms with Crippen molar-refractivity contribution in [1.82, 2.24) is 0 Å². The minimum absolute atomic E-state index is 0.00292. The van der Waals surface area contributed by atoms with Crippen LogP contribution in [0.3, 0.4) is 0 Å². The van der Waals surface area contributed by atoms with E-state index in [0.29, 0.717) is 11.3 Å². The van der Waals surface area contributed by atoms with Crippen LogP contribution in [0.1, 0.15) is 20.8 Å². The van der Waals surface area contributed by atoms with Crippen LogP contribution in [0.25, 0.3) is 0 Å². The van der Waals surface area contributed by atoms with E-state index in [4.69, 9.17) is 4.74 Å². The van der Waals surface area contributed by atoms with Crippen LogP contribution < -0.4 is 0 Å². The Morgan fingerprint density at radius 3 is 1.82 bits per heavy atom. The molecule has 2 heteroatoms. The van der Waals surface area contributed by atoms with Gasteiger partial charge in [0, 0.05) is 0 Å². The van der Waals surface area contributed by atoms with Gasteiger partial charge in [-0.3, -0.25) is 4.79 Å². The molecule has 0 heterocycles. The summed E-state index contributed by atoms with van der Waals surface area (Å²) in [5.74, 6) is 0.627. The van der Waals surface area contributed by atoms with Crippen LogP contribution in [0.15, 0.2) is 23.5 Å². The standard InChI is InChI=1S/C9H14O2/c1-6(2)9(7(3)10)8(4)11-5/h1H2,2-5H3/b9-8+. The van der Waals surface area contributed by atoms with Crippen LogP contribution >= 0.6 is 0 Å². The quantitative estimate of drug-likeness (QED) is 0.353. The second-order valence-electron chi connectivity index (χ2n) is 2.47. The van der Waals surface area contributed by atoms with Crippen LogP contribution in [0, 0.1) is 0 Å². The van der Waals surface area contributed by atoms with Crippen molar-refractivity contribution in [2.24, 2.45) is 0 Å². The van der Waals surface area contributed by atoms with Gasteiger partial charge in [-0.05, 0) is 26.3 Å². The average Bonchev–Trinajstić information content (AvgIpc) is 1.85. The third-order valence-corrected chi connectivity index (χ3v) is 1.44. The van der Waals surface area contributed by atoms with Gasteiger partial charge in [-0.1, -0.05) is 6.58 Å². The van der Waals surface area contributed by atoms with Gasteiger partial charge >= 0.3 is 0 Å². The molecule has 0 saturated carbocycles. The number of Topliss-reactive ketones (excluding diaryl/α,β-unsaturated/α-hetero) is 1. The van der Waals surface area contributed by atoms with Gasteiger partial charge in [0.25, 0.3) is 0 Å². The number of allylic oxidation sites excluding steroid dienone is 3. The molecule has 0 aliphatic carbocycles. The molecule has 0 aliphatic heterocycles. The van der Waals surface area contributed by atoms with Crippen molar-refractivity contribution in [2.45, 2.75) is 20.8 Å². The smallest absolute Gasteiger partial charge is 0.163 e. The Morgan fingerprint density at radius 2 is 1.73 bits per heavy atom. The van der Waals surface area contributed by atoms with Crippen LogP contribution in [0.2, 0.25) is 0 Å². The fourth-order valence-electron chi connectivity index (χ4n) is 0.951. The molecule has 0 amide bonds. The van der Waals surface area contributed by atoms with E-state index in [9.17, 15) is 4.79 Å². The number of rotatable bonds is 3. The Labute approximate surface area is 67.6 Å². The minimum atomic E-state index is -0.00292. The molecule has 0 rings (SSSR count). The van der Waals surface area contributed by atoms with E-state index < -0.39 is 0 Å². The zero-order valence-corrected chi connectivity index (χ0v) is 7.52. The largest absolute Gasteiger partial charge is 0.501 e. The fraction of sp³-hybridized carbons (Fsp3) is 0.444. The maximum absolute atomic E-state index is 11.0. The highest BCUT2D eigenvalue weighted by Crippen LogP contribution is 2.13. The van der Waals surface area contributed by atoms with Gasteiger partial charge in [-0.25, -0.2) is 0 Å². The predicted octanol–water partition coefficient (Wildman–Crippen LogP) is 2.07. The molecule has 62 valence electrons. The summed E-state index contributed by atoms with van der Waals surface area (Å²) in [6, 6.07) is 0. The van der Waals surface area contributed by atoms with Gasteiger partial charge in [-0.2, -0.15) is 0 Å². The van der Waals surface area contributed by atoms with Gasteiger partial charge < -0.3 is 4.74 Å². The lowest BCUT2D eigenvalue weighted by molar-refractivity contribution is -0.113.